The fraction of sp³-hybridized carbons (Fsp3) is 0.0385. The number of hydrogen-bond acceptors (Lipinski definition) is 5. The van der Waals surface area contributed by atoms with Crippen LogP contribution in [-0.2, 0) is 0 Å². The molecule has 0 spiro atoms. The summed E-state index contributed by atoms with van der Waals surface area (Å²) in [6, 6.07) is 25.6. The molecule has 3 aromatic carbocycles. The molecule has 0 fully saturated rings. The van der Waals surface area contributed by atoms with Gasteiger partial charge in [-0.2, -0.15) is 5.10 Å². The summed E-state index contributed by atoms with van der Waals surface area (Å²) >= 11 is 6.20. The zero-order valence-electron chi connectivity index (χ0n) is 18.0. The van der Waals surface area contributed by atoms with Crippen LogP contribution in [0.3, 0.4) is 0 Å². The molecule has 5 rings (SSSR count). The number of carbonyl (C=O) groups is 1. The fourth-order valence-corrected chi connectivity index (χ4v) is 3.76. The molecule has 0 unspecified atom stereocenters. The topological polar surface area (TPSA) is 86.0 Å². The maximum Gasteiger partial charge on any atom is 0.356 e. The summed E-state index contributed by atoms with van der Waals surface area (Å²) in [7, 11) is 1.54. The lowest BCUT2D eigenvalue weighted by Crippen LogP contribution is -2.01. The molecule has 0 saturated carbocycles. The van der Waals surface area contributed by atoms with Crippen molar-refractivity contribution in [2.45, 2.75) is 0 Å². The zero-order valence-corrected chi connectivity index (χ0v) is 18.7. The van der Waals surface area contributed by atoms with E-state index < -0.39 is 5.97 Å². The molecule has 0 aliphatic carbocycles. The van der Waals surface area contributed by atoms with Crippen LogP contribution in [0.2, 0.25) is 5.02 Å². The number of carboxylic acids is 1. The first-order chi connectivity index (χ1) is 16.5. The van der Waals surface area contributed by atoms with Gasteiger partial charge >= 0.3 is 5.97 Å². The van der Waals surface area contributed by atoms with Crippen LogP contribution in [0.5, 0.6) is 17.2 Å². The second kappa shape index (κ2) is 8.88. The third-order valence-electron chi connectivity index (χ3n) is 5.22. The summed E-state index contributed by atoms with van der Waals surface area (Å²) < 4.78 is 12.7. The van der Waals surface area contributed by atoms with E-state index in [1.165, 1.54) is 17.7 Å². The van der Waals surface area contributed by atoms with Gasteiger partial charge in [0.1, 0.15) is 17.2 Å². The molecule has 0 saturated heterocycles. The maximum atomic E-state index is 11.6. The quantitative estimate of drug-likeness (QED) is 0.316. The van der Waals surface area contributed by atoms with Gasteiger partial charge < -0.3 is 14.6 Å². The number of rotatable bonds is 6. The first-order valence-corrected chi connectivity index (χ1v) is 10.7. The van der Waals surface area contributed by atoms with Crippen molar-refractivity contribution in [2.24, 2.45) is 0 Å². The van der Waals surface area contributed by atoms with Crippen molar-refractivity contribution in [2.75, 3.05) is 7.11 Å². The predicted molar refractivity (Wildman–Crippen MR) is 129 cm³/mol. The number of ether oxygens (including phenoxy) is 2. The van der Waals surface area contributed by atoms with E-state index in [1.54, 1.807) is 12.1 Å². The molecular formula is C26H18ClN3O4. The smallest absolute Gasteiger partial charge is 0.356 e. The molecule has 0 bridgehead atoms. The number of halogens is 1. The number of hydrogen-bond donors (Lipinski definition) is 1. The number of para-hydroxylation sites is 1. The summed E-state index contributed by atoms with van der Waals surface area (Å²) in [6.45, 7) is 0. The molecule has 0 aliphatic heterocycles. The summed E-state index contributed by atoms with van der Waals surface area (Å²) in [4.78, 5) is 16.2. The molecule has 0 aliphatic rings. The van der Waals surface area contributed by atoms with Crippen molar-refractivity contribution < 1.29 is 19.4 Å². The van der Waals surface area contributed by atoms with Gasteiger partial charge in [-0.05, 0) is 54.6 Å². The van der Waals surface area contributed by atoms with Crippen LogP contribution >= 0.6 is 11.6 Å². The lowest BCUT2D eigenvalue weighted by molar-refractivity contribution is 0.0690. The molecule has 0 atom stereocenters. The molecule has 168 valence electrons. The largest absolute Gasteiger partial charge is 0.495 e. The van der Waals surface area contributed by atoms with Crippen LogP contribution in [0, 0.1) is 0 Å². The standard InChI is InChI=1S/C26H18ClN3O4/c1-33-24-13-17(9-12-20(24)27)23-14-21(28-25-15-22(26(31)32)29-30(23)25)16-7-10-19(11-8-16)34-18-5-3-2-4-6-18/h2-15H,1H3,(H,31,32). The van der Waals surface area contributed by atoms with Gasteiger partial charge in [-0.1, -0.05) is 35.9 Å². The van der Waals surface area contributed by atoms with E-state index in [2.05, 4.69) is 10.1 Å². The third kappa shape index (κ3) is 4.16. The highest BCUT2D eigenvalue weighted by molar-refractivity contribution is 6.32. The van der Waals surface area contributed by atoms with Gasteiger partial charge in [-0.3, -0.25) is 0 Å². The Morgan fingerprint density at radius 3 is 2.32 bits per heavy atom. The minimum absolute atomic E-state index is 0.0987. The van der Waals surface area contributed by atoms with Crippen LogP contribution in [0.4, 0.5) is 0 Å². The molecule has 1 N–H and O–H groups in total. The van der Waals surface area contributed by atoms with E-state index in [0.29, 0.717) is 33.6 Å². The van der Waals surface area contributed by atoms with Crippen LogP contribution in [0.1, 0.15) is 10.5 Å². The minimum Gasteiger partial charge on any atom is -0.495 e. The Bertz CT molecular complexity index is 1500. The number of methoxy groups -OCH3 is 1. The summed E-state index contributed by atoms with van der Waals surface area (Å²) in [5.41, 5.74) is 3.19. The van der Waals surface area contributed by atoms with Crippen LogP contribution < -0.4 is 9.47 Å². The molecule has 0 radical (unpaired) electrons. The number of aromatic carboxylic acids is 1. The molecule has 2 aromatic heterocycles. The second-order valence-electron chi connectivity index (χ2n) is 7.42. The average molecular weight is 472 g/mol. The monoisotopic (exact) mass is 471 g/mol. The lowest BCUT2D eigenvalue weighted by atomic mass is 10.1. The maximum absolute atomic E-state index is 11.6. The fourth-order valence-electron chi connectivity index (χ4n) is 3.57. The van der Waals surface area contributed by atoms with E-state index in [0.717, 1.165) is 16.9 Å². The van der Waals surface area contributed by atoms with E-state index in [4.69, 9.17) is 21.1 Å². The Morgan fingerprint density at radius 2 is 1.62 bits per heavy atom. The normalized spacial score (nSPS) is 10.9. The molecule has 2 heterocycles. The molecule has 34 heavy (non-hydrogen) atoms. The van der Waals surface area contributed by atoms with Gasteiger partial charge in [-0.15, -0.1) is 0 Å². The van der Waals surface area contributed by atoms with Crippen molar-refractivity contribution in [1.29, 1.82) is 0 Å². The van der Waals surface area contributed by atoms with Crippen LogP contribution in [0.25, 0.3) is 28.2 Å². The number of nitrogens with zero attached hydrogens (tertiary/aromatic N) is 3. The second-order valence-corrected chi connectivity index (χ2v) is 7.83. The molecule has 8 heteroatoms. The molecule has 7 nitrogen and oxygen atoms in total. The molecule has 0 amide bonds. The first-order valence-electron chi connectivity index (χ1n) is 10.3. The molecule has 5 aromatic rings. The van der Waals surface area contributed by atoms with Crippen molar-refractivity contribution in [3.8, 4) is 39.8 Å². The number of aromatic nitrogens is 3. The highest BCUT2D eigenvalue weighted by Gasteiger charge is 2.17. The van der Waals surface area contributed by atoms with E-state index in [1.807, 2.05) is 66.7 Å². The number of benzene rings is 3. The highest BCUT2D eigenvalue weighted by Crippen LogP contribution is 2.33. The Kier molecular flexibility index (Phi) is 5.61. The first kappa shape index (κ1) is 21.5. The van der Waals surface area contributed by atoms with Gasteiger partial charge in [0.05, 0.1) is 23.5 Å². The highest BCUT2D eigenvalue weighted by atomic mass is 35.5. The van der Waals surface area contributed by atoms with Crippen molar-refractivity contribution in [3.63, 3.8) is 0 Å². The van der Waals surface area contributed by atoms with Gasteiger partial charge in [-0.25, -0.2) is 14.3 Å². The van der Waals surface area contributed by atoms with Crippen molar-refractivity contribution in [3.05, 3.63) is 95.6 Å². The Balaban J connectivity index is 1.60. The zero-order chi connectivity index (χ0) is 23.7. The summed E-state index contributed by atoms with van der Waals surface area (Å²) in [5.74, 6) is 0.804. The van der Waals surface area contributed by atoms with Gasteiger partial charge in [0, 0.05) is 17.2 Å². The predicted octanol–water partition coefficient (Wildman–Crippen LogP) is 6.22. The SMILES string of the molecule is COc1cc(-c2cc(-c3ccc(Oc4ccccc4)cc3)nc3cc(C(=O)O)nn23)ccc1Cl. The van der Waals surface area contributed by atoms with E-state index in [-0.39, 0.29) is 5.69 Å². The summed E-state index contributed by atoms with van der Waals surface area (Å²) in [5, 5.41) is 14.1. The van der Waals surface area contributed by atoms with Crippen LogP contribution in [0.15, 0.2) is 84.9 Å². The minimum atomic E-state index is -1.13. The number of fused-ring (bicyclic) bond motifs is 1. The van der Waals surface area contributed by atoms with Gasteiger partial charge in [0.25, 0.3) is 0 Å². The molecular weight excluding hydrogens is 454 g/mol. The lowest BCUT2D eigenvalue weighted by Gasteiger charge is -2.11. The van der Waals surface area contributed by atoms with Gasteiger partial charge in [0.15, 0.2) is 11.3 Å². The Morgan fingerprint density at radius 1 is 0.912 bits per heavy atom. The van der Waals surface area contributed by atoms with Gasteiger partial charge in [0.2, 0.25) is 0 Å². The van der Waals surface area contributed by atoms with E-state index in [9.17, 15) is 9.90 Å². The van der Waals surface area contributed by atoms with Crippen molar-refractivity contribution in [1.82, 2.24) is 14.6 Å². The van der Waals surface area contributed by atoms with Crippen LogP contribution in [-0.4, -0.2) is 32.8 Å². The van der Waals surface area contributed by atoms with Crippen molar-refractivity contribution >= 4 is 23.2 Å². The van der Waals surface area contributed by atoms with E-state index >= 15 is 0 Å². The Labute approximate surface area is 199 Å². The summed E-state index contributed by atoms with van der Waals surface area (Å²) in [6.07, 6.45) is 0. The average Bonchev–Trinajstić information content (AvgIpc) is 3.30. The Hall–Kier alpha value is -4.36. The third-order valence-corrected chi connectivity index (χ3v) is 5.53. The number of carboxylic acid groups (broad SMARTS) is 1.